The van der Waals surface area contributed by atoms with Gasteiger partial charge in [0.2, 0.25) is 11.8 Å². The van der Waals surface area contributed by atoms with E-state index in [1.54, 1.807) is 20.0 Å². The molecule has 1 aromatic rings. The van der Waals surface area contributed by atoms with Crippen LogP contribution in [0.1, 0.15) is 19.5 Å². The zero-order valence-electron chi connectivity index (χ0n) is 13.5. The highest BCUT2D eigenvalue weighted by atomic mass is 32.1. The van der Waals surface area contributed by atoms with Crippen molar-refractivity contribution in [3.63, 3.8) is 0 Å². The lowest BCUT2D eigenvalue weighted by molar-refractivity contribution is -0.143. The Bertz CT molecular complexity index is 564. The van der Waals surface area contributed by atoms with E-state index in [1.165, 1.54) is 6.33 Å². The lowest BCUT2D eigenvalue weighted by Crippen LogP contribution is -2.56. The number of aromatic nitrogens is 2. The number of carboxylic acid groups (broad SMARTS) is 1. The van der Waals surface area contributed by atoms with Crippen molar-refractivity contribution in [2.75, 3.05) is 5.75 Å². The normalized spacial score (nSPS) is 14.7. The first-order valence-corrected chi connectivity index (χ1v) is 8.06. The Kier molecular flexibility index (Phi) is 7.72. The van der Waals surface area contributed by atoms with Gasteiger partial charge in [-0.15, -0.1) is 0 Å². The molecule has 1 rings (SSSR count). The van der Waals surface area contributed by atoms with Crippen molar-refractivity contribution >= 4 is 30.4 Å². The molecule has 9 nitrogen and oxygen atoms in total. The second-order valence-electron chi connectivity index (χ2n) is 5.70. The minimum absolute atomic E-state index is 0.0127. The number of carbonyl (C=O) groups excluding carboxylic acids is 2. The molecule has 0 aromatic carbocycles. The molecule has 6 N–H and O–H groups in total. The maximum Gasteiger partial charge on any atom is 0.326 e. The first kappa shape index (κ1) is 20.0. The van der Waals surface area contributed by atoms with Gasteiger partial charge in [-0.2, -0.15) is 12.6 Å². The van der Waals surface area contributed by atoms with Crippen molar-refractivity contribution in [2.24, 2.45) is 11.7 Å². The third-order valence-electron chi connectivity index (χ3n) is 3.38. The van der Waals surface area contributed by atoms with Crippen molar-refractivity contribution in [3.05, 3.63) is 18.2 Å². The second-order valence-corrected chi connectivity index (χ2v) is 6.06. The number of hydrogen-bond donors (Lipinski definition) is 6. The van der Waals surface area contributed by atoms with Crippen molar-refractivity contribution in [1.29, 1.82) is 0 Å². The maximum atomic E-state index is 12.2. The highest BCUT2D eigenvalue weighted by molar-refractivity contribution is 7.80. The van der Waals surface area contributed by atoms with E-state index in [4.69, 9.17) is 10.8 Å². The maximum absolute atomic E-state index is 12.2. The average Bonchev–Trinajstić information content (AvgIpc) is 3.01. The van der Waals surface area contributed by atoms with Crippen LogP contribution in [0.4, 0.5) is 0 Å². The number of thiol groups is 1. The summed E-state index contributed by atoms with van der Waals surface area (Å²) in [6, 6.07) is -2.90. The van der Waals surface area contributed by atoms with Gasteiger partial charge < -0.3 is 26.5 Å². The number of carboxylic acids is 1. The molecule has 0 spiro atoms. The number of aromatic amines is 1. The summed E-state index contributed by atoms with van der Waals surface area (Å²) in [7, 11) is 0. The van der Waals surface area contributed by atoms with Crippen LogP contribution in [0, 0.1) is 5.92 Å². The Hall–Kier alpha value is -2.07. The Morgan fingerprint density at radius 1 is 1.33 bits per heavy atom. The van der Waals surface area contributed by atoms with E-state index >= 15 is 0 Å². The summed E-state index contributed by atoms with van der Waals surface area (Å²) >= 11 is 4.03. The predicted octanol–water partition coefficient (Wildman–Crippen LogP) is -1.08. The lowest BCUT2D eigenvalue weighted by atomic mass is 10.0. The molecular weight excluding hydrogens is 334 g/mol. The molecule has 0 aliphatic carbocycles. The smallest absolute Gasteiger partial charge is 0.326 e. The van der Waals surface area contributed by atoms with Gasteiger partial charge in [0, 0.05) is 24.1 Å². The van der Waals surface area contributed by atoms with Crippen LogP contribution in [-0.2, 0) is 20.8 Å². The standard InChI is InChI=1S/C14H23N5O4S/c1-7(2)11(14(22)23)19-13(21)10(5-24)18-12(20)9(15)3-8-4-16-6-17-8/h4,6-7,9-11,24H,3,5,15H2,1-2H3,(H,16,17)(H,18,20)(H,19,21)(H,22,23)/t9-,10-,11-/m0/s1. The number of imidazole rings is 1. The molecular formula is C14H23N5O4S. The van der Waals surface area contributed by atoms with Crippen LogP contribution in [-0.4, -0.2) is 56.7 Å². The van der Waals surface area contributed by atoms with Crippen LogP contribution in [0.5, 0.6) is 0 Å². The van der Waals surface area contributed by atoms with Gasteiger partial charge in [-0.3, -0.25) is 9.59 Å². The van der Waals surface area contributed by atoms with E-state index in [-0.39, 0.29) is 18.1 Å². The molecule has 3 atom stereocenters. The van der Waals surface area contributed by atoms with E-state index in [2.05, 4.69) is 33.2 Å². The molecule has 10 heteroatoms. The first-order chi connectivity index (χ1) is 11.3. The van der Waals surface area contributed by atoms with Crippen molar-refractivity contribution in [2.45, 2.75) is 38.4 Å². The molecule has 1 heterocycles. The zero-order chi connectivity index (χ0) is 18.3. The van der Waals surface area contributed by atoms with Gasteiger partial charge in [-0.05, 0) is 5.92 Å². The van der Waals surface area contributed by atoms with Crippen LogP contribution in [0.3, 0.4) is 0 Å². The van der Waals surface area contributed by atoms with Crippen LogP contribution in [0.15, 0.2) is 12.5 Å². The number of amides is 2. The summed E-state index contributed by atoms with van der Waals surface area (Å²) in [5, 5.41) is 14.0. The van der Waals surface area contributed by atoms with Crippen LogP contribution in [0.2, 0.25) is 0 Å². The Morgan fingerprint density at radius 3 is 2.46 bits per heavy atom. The van der Waals surface area contributed by atoms with E-state index in [0.717, 1.165) is 0 Å². The van der Waals surface area contributed by atoms with Crippen molar-refractivity contribution in [3.8, 4) is 0 Å². The van der Waals surface area contributed by atoms with Crippen molar-refractivity contribution in [1.82, 2.24) is 20.6 Å². The quantitative estimate of drug-likeness (QED) is 0.309. The molecule has 0 fully saturated rings. The van der Waals surface area contributed by atoms with Gasteiger partial charge >= 0.3 is 5.97 Å². The summed E-state index contributed by atoms with van der Waals surface area (Å²) < 4.78 is 0. The van der Waals surface area contributed by atoms with E-state index < -0.39 is 35.9 Å². The summed E-state index contributed by atoms with van der Waals surface area (Å²) in [6.45, 7) is 3.35. The molecule has 24 heavy (non-hydrogen) atoms. The molecule has 1 aromatic heterocycles. The molecule has 0 radical (unpaired) electrons. The Morgan fingerprint density at radius 2 is 2.00 bits per heavy atom. The number of aliphatic carboxylic acids is 1. The van der Waals surface area contributed by atoms with E-state index in [1.807, 2.05) is 0 Å². The Labute approximate surface area is 145 Å². The summed E-state index contributed by atoms with van der Waals surface area (Å²) in [6.07, 6.45) is 3.26. The SMILES string of the molecule is CC(C)[C@H](NC(=O)[C@H](CS)NC(=O)[C@@H](N)Cc1cnc[nH]1)C(=O)O. The number of hydrogen-bond acceptors (Lipinski definition) is 6. The molecule has 0 saturated heterocycles. The number of carbonyl (C=O) groups is 3. The number of nitrogens with two attached hydrogens (primary N) is 1. The fourth-order valence-corrected chi connectivity index (χ4v) is 2.22. The summed E-state index contributed by atoms with van der Waals surface area (Å²) in [5.74, 6) is -2.58. The Balaban J connectivity index is 2.63. The number of nitrogens with one attached hydrogen (secondary N) is 3. The number of nitrogens with zero attached hydrogens (tertiary/aromatic N) is 1. The highest BCUT2D eigenvalue weighted by Gasteiger charge is 2.28. The lowest BCUT2D eigenvalue weighted by Gasteiger charge is -2.23. The van der Waals surface area contributed by atoms with Crippen LogP contribution >= 0.6 is 12.6 Å². The minimum atomic E-state index is -1.14. The topological polar surface area (TPSA) is 150 Å². The van der Waals surface area contributed by atoms with Crippen molar-refractivity contribution < 1.29 is 19.5 Å². The van der Waals surface area contributed by atoms with Gasteiger partial charge in [-0.1, -0.05) is 13.8 Å². The number of H-pyrrole nitrogens is 1. The third-order valence-corrected chi connectivity index (χ3v) is 3.74. The summed E-state index contributed by atoms with van der Waals surface area (Å²) in [5.41, 5.74) is 6.49. The largest absolute Gasteiger partial charge is 0.480 e. The third kappa shape index (κ3) is 5.85. The van der Waals surface area contributed by atoms with Crippen LogP contribution in [0.25, 0.3) is 0 Å². The highest BCUT2D eigenvalue weighted by Crippen LogP contribution is 2.03. The van der Waals surface area contributed by atoms with Gasteiger partial charge in [0.05, 0.1) is 12.4 Å². The monoisotopic (exact) mass is 357 g/mol. The molecule has 0 aliphatic rings. The molecule has 2 amide bonds. The first-order valence-electron chi connectivity index (χ1n) is 7.43. The molecule has 0 aliphatic heterocycles. The second kappa shape index (κ2) is 9.28. The molecule has 0 saturated carbocycles. The minimum Gasteiger partial charge on any atom is -0.480 e. The van der Waals surface area contributed by atoms with E-state index in [9.17, 15) is 14.4 Å². The molecule has 134 valence electrons. The fourth-order valence-electron chi connectivity index (χ4n) is 1.97. The fraction of sp³-hybridized carbons (Fsp3) is 0.571. The molecule has 0 unspecified atom stereocenters. The van der Waals surface area contributed by atoms with E-state index in [0.29, 0.717) is 5.69 Å². The van der Waals surface area contributed by atoms with Gasteiger partial charge in [0.15, 0.2) is 0 Å². The zero-order valence-corrected chi connectivity index (χ0v) is 14.4. The average molecular weight is 357 g/mol. The van der Waals surface area contributed by atoms with Crippen LogP contribution < -0.4 is 16.4 Å². The van der Waals surface area contributed by atoms with Gasteiger partial charge in [0.1, 0.15) is 12.1 Å². The van der Waals surface area contributed by atoms with Gasteiger partial charge in [-0.25, -0.2) is 9.78 Å². The predicted molar refractivity (Wildman–Crippen MR) is 90.5 cm³/mol. The van der Waals surface area contributed by atoms with Gasteiger partial charge in [0.25, 0.3) is 0 Å². The number of rotatable bonds is 9. The summed E-state index contributed by atoms with van der Waals surface area (Å²) in [4.78, 5) is 42.1. The molecule has 0 bridgehead atoms.